The average molecular weight is 270 g/mol. The topological polar surface area (TPSA) is 55.0 Å². The fraction of sp³-hybridized carbons (Fsp3) is 0.375. The number of rotatable bonds is 6. The molecule has 2 heterocycles. The minimum absolute atomic E-state index is 0.0890. The maximum atomic E-state index is 6.32. The summed E-state index contributed by atoms with van der Waals surface area (Å²) in [5, 5.41) is 0. The molecular formula is C16H22N4. The van der Waals surface area contributed by atoms with Crippen molar-refractivity contribution in [3.63, 3.8) is 0 Å². The molecule has 0 aliphatic rings. The number of nitrogens with two attached hydrogens (primary N) is 1. The van der Waals surface area contributed by atoms with Crippen molar-refractivity contribution in [3.05, 3.63) is 60.2 Å². The van der Waals surface area contributed by atoms with Crippen molar-refractivity contribution >= 4 is 0 Å². The highest BCUT2D eigenvalue weighted by atomic mass is 15.2. The SMILES string of the molecule is CCC(N)C(c1ccncc1)N(C)Cc1ccccn1. The summed E-state index contributed by atoms with van der Waals surface area (Å²) in [5.41, 5.74) is 8.58. The molecule has 2 aromatic rings. The molecule has 0 aliphatic carbocycles. The zero-order valence-electron chi connectivity index (χ0n) is 12.1. The van der Waals surface area contributed by atoms with Gasteiger partial charge in [-0.05, 0) is 43.3 Å². The van der Waals surface area contributed by atoms with E-state index in [1.54, 1.807) is 0 Å². The van der Waals surface area contributed by atoms with Gasteiger partial charge in [0.05, 0.1) is 11.7 Å². The molecule has 0 saturated carbocycles. The number of hydrogen-bond acceptors (Lipinski definition) is 4. The number of likely N-dealkylation sites (N-methyl/N-ethyl adjacent to an activating group) is 1. The lowest BCUT2D eigenvalue weighted by Crippen LogP contribution is -2.38. The van der Waals surface area contributed by atoms with Crippen LogP contribution in [0.1, 0.15) is 30.6 Å². The van der Waals surface area contributed by atoms with E-state index in [-0.39, 0.29) is 12.1 Å². The lowest BCUT2D eigenvalue weighted by Gasteiger charge is -2.32. The molecule has 4 nitrogen and oxygen atoms in total. The van der Waals surface area contributed by atoms with Gasteiger partial charge < -0.3 is 5.73 Å². The van der Waals surface area contributed by atoms with Gasteiger partial charge in [0.1, 0.15) is 0 Å². The zero-order chi connectivity index (χ0) is 14.4. The molecular weight excluding hydrogens is 248 g/mol. The fourth-order valence-corrected chi connectivity index (χ4v) is 2.46. The van der Waals surface area contributed by atoms with E-state index in [2.05, 4.69) is 28.8 Å². The summed E-state index contributed by atoms with van der Waals surface area (Å²) in [4.78, 5) is 10.7. The van der Waals surface area contributed by atoms with Crippen LogP contribution in [0, 0.1) is 0 Å². The highest BCUT2D eigenvalue weighted by Crippen LogP contribution is 2.24. The summed E-state index contributed by atoms with van der Waals surface area (Å²) >= 11 is 0. The van der Waals surface area contributed by atoms with Crippen molar-refractivity contribution in [2.45, 2.75) is 32.0 Å². The second-order valence-corrected chi connectivity index (χ2v) is 5.03. The molecule has 2 aromatic heterocycles. The second-order valence-electron chi connectivity index (χ2n) is 5.03. The molecule has 0 aliphatic heterocycles. The molecule has 0 bridgehead atoms. The standard InChI is InChI=1S/C16H22N4/c1-3-15(17)16(13-7-10-18-11-8-13)20(2)12-14-6-4-5-9-19-14/h4-11,15-16H,3,12,17H2,1-2H3. The van der Waals surface area contributed by atoms with Crippen molar-refractivity contribution in [1.29, 1.82) is 0 Å². The molecule has 106 valence electrons. The van der Waals surface area contributed by atoms with Crippen molar-refractivity contribution in [3.8, 4) is 0 Å². The van der Waals surface area contributed by atoms with Crippen molar-refractivity contribution in [2.75, 3.05) is 7.05 Å². The van der Waals surface area contributed by atoms with Crippen LogP contribution in [0.5, 0.6) is 0 Å². The highest BCUT2D eigenvalue weighted by Gasteiger charge is 2.23. The number of pyridine rings is 2. The minimum atomic E-state index is 0.0890. The van der Waals surface area contributed by atoms with Gasteiger partial charge in [-0.25, -0.2) is 0 Å². The molecule has 0 radical (unpaired) electrons. The average Bonchev–Trinajstić information content (AvgIpc) is 2.49. The van der Waals surface area contributed by atoms with Crippen LogP contribution >= 0.6 is 0 Å². The van der Waals surface area contributed by atoms with Gasteiger partial charge in [0.15, 0.2) is 0 Å². The quantitative estimate of drug-likeness (QED) is 0.875. The molecule has 4 heteroatoms. The van der Waals surface area contributed by atoms with Gasteiger partial charge in [-0.2, -0.15) is 0 Å². The van der Waals surface area contributed by atoms with Gasteiger partial charge in [-0.1, -0.05) is 13.0 Å². The van der Waals surface area contributed by atoms with Gasteiger partial charge in [-0.3, -0.25) is 14.9 Å². The van der Waals surface area contributed by atoms with Gasteiger partial charge in [-0.15, -0.1) is 0 Å². The lowest BCUT2D eigenvalue weighted by atomic mass is 9.97. The van der Waals surface area contributed by atoms with Crippen LogP contribution in [-0.2, 0) is 6.54 Å². The van der Waals surface area contributed by atoms with E-state index in [1.807, 2.05) is 48.9 Å². The Labute approximate surface area is 120 Å². The Bertz CT molecular complexity index is 500. The summed E-state index contributed by atoms with van der Waals surface area (Å²) in [6, 6.07) is 10.3. The third-order valence-corrected chi connectivity index (χ3v) is 3.54. The Morgan fingerprint density at radius 2 is 1.90 bits per heavy atom. The summed E-state index contributed by atoms with van der Waals surface area (Å²) in [7, 11) is 2.09. The predicted octanol–water partition coefficient (Wildman–Crippen LogP) is 2.39. The smallest absolute Gasteiger partial charge is 0.0544 e. The molecule has 2 N–H and O–H groups in total. The summed E-state index contributed by atoms with van der Waals surface area (Å²) in [5.74, 6) is 0. The number of aromatic nitrogens is 2. The van der Waals surface area contributed by atoms with Gasteiger partial charge >= 0.3 is 0 Å². The van der Waals surface area contributed by atoms with E-state index in [0.29, 0.717) is 0 Å². The number of hydrogen-bond donors (Lipinski definition) is 1. The summed E-state index contributed by atoms with van der Waals surface area (Å²) < 4.78 is 0. The van der Waals surface area contributed by atoms with E-state index >= 15 is 0 Å². The van der Waals surface area contributed by atoms with Crippen molar-refractivity contribution in [1.82, 2.24) is 14.9 Å². The molecule has 20 heavy (non-hydrogen) atoms. The highest BCUT2D eigenvalue weighted by molar-refractivity contribution is 5.18. The van der Waals surface area contributed by atoms with Crippen LogP contribution in [0.15, 0.2) is 48.9 Å². The number of nitrogens with zero attached hydrogens (tertiary/aromatic N) is 3. The van der Waals surface area contributed by atoms with Crippen molar-refractivity contribution in [2.24, 2.45) is 5.73 Å². The van der Waals surface area contributed by atoms with Gasteiger partial charge in [0.25, 0.3) is 0 Å². The minimum Gasteiger partial charge on any atom is -0.326 e. The maximum absolute atomic E-state index is 6.32. The lowest BCUT2D eigenvalue weighted by molar-refractivity contribution is 0.199. The van der Waals surface area contributed by atoms with Crippen LogP contribution in [0.25, 0.3) is 0 Å². The Morgan fingerprint density at radius 1 is 1.15 bits per heavy atom. The van der Waals surface area contributed by atoms with E-state index in [4.69, 9.17) is 5.73 Å². The molecule has 2 atom stereocenters. The molecule has 2 unspecified atom stereocenters. The van der Waals surface area contributed by atoms with Crippen LogP contribution in [-0.4, -0.2) is 28.0 Å². The van der Waals surface area contributed by atoms with Crippen LogP contribution < -0.4 is 5.73 Å². The Morgan fingerprint density at radius 3 is 2.50 bits per heavy atom. The fourth-order valence-electron chi connectivity index (χ4n) is 2.46. The predicted molar refractivity (Wildman–Crippen MR) is 80.9 cm³/mol. The molecule has 0 spiro atoms. The first kappa shape index (κ1) is 14.6. The molecule has 0 fully saturated rings. The normalized spacial score (nSPS) is 14.2. The Hall–Kier alpha value is -1.78. The van der Waals surface area contributed by atoms with Crippen LogP contribution in [0.3, 0.4) is 0 Å². The van der Waals surface area contributed by atoms with Gasteiger partial charge in [0, 0.05) is 31.2 Å². The van der Waals surface area contributed by atoms with Crippen LogP contribution in [0.4, 0.5) is 0 Å². The third kappa shape index (κ3) is 3.62. The first-order chi connectivity index (χ1) is 9.72. The first-order valence-electron chi connectivity index (χ1n) is 6.98. The van der Waals surface area contributed by atoms with Crippen LogP contribution in [0.2, 0.25) is 0 Å². The first-order valence-corrected chi connectivity index (χ1v) is 6.98. The van der Waals surface area contributed by atoms with Gasteiger partial charge in [0.2, 0.25) is 0 Å². The zero-order valence-corrected chi connectivity index (χ0v) is 12.1. The molecule has 0 aromatic carbocycles. The van der Waals surface area contributed by atoms with E-state index in [0.717, 1.165) is 18.7 Å². The van der Waals surface area contributed by atoms with E-state index < -0.39 is 0 Å². The van der Waals surface area contributed by atoms with E-state index in [9.17, 15) is 0 Å². The summed E-state index contributed by atoms with van der Waals surface area (Å²) in [6.07, 6.45) is 6.39. The molecule has 2 rings (SSSR count). The van der Waals surface area contributed by atoms with E-state index in [1.165, 1.54) is 5.56 Å². The maximum Gasteiger partial charge on any atom is 0.0544 e. The summed E-state index contributed by atoms with van der Waals surface area (Å²) in [6.45, 7) is 2.90. The monoisotopic (exact) mass is 270 g/mol. The largest absolute Gasteiger partial charge is 0.326 e. The molecule has 0 saturated heterocycles. The third-order valence-electron chi connectivity index (χ3n) is 3.54. The second kappa shape index (κ2) is 7.12. The van der Waals surface area contributed by atoms with Crippen molar-refractivity contribution < 1.29 is 0 Å². The Balaban J connectivity index is 2.19. The Kier molecular flexibility index (Phi) is 5.21. The molecule has 0 amide bonds.